The number of fused-ring (bicyclic) bond motifs is 1. The van der Waals surface area contributed by atoms with Crippen LogP contribution in [0.2, 0.25) is 0 Å². The predicted molar refractivity (Wildman–Crippen MR) is 94.8 cm³/mol. The number of hydrogen-bond donors (Lipinski definition) is 2. The first-order chi connectivity index (χ1) is 12.4. The van der Waals surface area contributed by atoms with Gasteiger partial charge in [-0.2, -0.15) is 0 Å². The molecule has 0 unspecified atom stereocenters. The standard InChI is InChI=1S/C19H26N2O5/c1-26-13-17(22)21-9-7-19(25)6-8-20(11-16(19)12-21)10-14-2-4-15(5-3-14)18(23)24/h2-5,16,25H,6-13H2,1H3,(H,23,24)/t16-,19-/m1/s1. The highest BCUT2D eigenvalue weighted by molar-refractivity contribution is 5.87. The normalized spacial score (nSPS) is 26.4. The van der Waals surface area contributed by atoms with Crippen molar-refractivity contribution in [3.05, 3.63) is 35.4 Å². The van der Waals surface area contributed by atoms with Crippen LogP contribution in [0.5, 0.6) is 0 Å². The molecule has 3 rings (SSSR count). The molecule has 2 saturated heterocycles. The Balaban J connectivity index is 1.62. The number of likely N-dealkylation sites (tertiary alicyclic amines) is 2. The summed E-state index contributed by atoms with van der Waals surface area (Å²) in [6.45, 7) is 3.41. The molecule has 0 spiro atoms. The Morgan fingerprint density at radius 1 is 1.19 bits per heavy atom. The van der Waals surface area contributed by atoms with Crippen LogP contribution < -0.4 is 0 Å². The zero-order valence-corrected chi connectivity index (χ0v) is 15.1. The zero-order chi connectivity index (χ0) is 18.7. The van der Waals surface area contributed by atoms with Gasteiger partial charge in [-0.1, -0.05) is 12.1 Å². The van der Waals surface area contributed by atoms with Crippen LogP contribution in [0.4, 0.5) is 0 Å². The van der Waals surface area contributed by atoms with Crippen LogP contribution in [0.3, 0.4) is 0 Å². The van der Waals surface area contributed by atoms with Crippen molar-refractivity contribution in [1.82, 2.24) is 9.80 Å². The first-order valence-corrected chi connectivity index (χ1v) is 8.95. The number of carboxylic acid groups (broad SMARTS) is 1. The van der Waals surface area contributed by atoms with E-state index in [0.717, 1.165) is 12.1 Å². The van der Waals surface area contributed by atoms with Crippen molar-refractivity contribution >= 4 is 11.9 Å². The molecule has 26 heavy (non-hydrogen) atoms. The minimum absolute atomic E-state index is 0.0177. The van der Waals surface area contributed by atoms with Crippen molar-refractivity contribution in [3.8, 4) is 0 Å². The van der Waals surface area contributed by atoms with Gasteiger partial charge < -0.3 is 19.8 Å². The second kappa shape index (κ2) is 7.73. The first-order valence-electron chi connectivity index (χ1n) is 8.95. The summed E-state index contributed by atoms with van der Waals surface area (Å²) in [5.41, 5.74) is 0.623. The van der Waals surface area contributed by atoms with E-state index in [9.17, 15) is 14.7 Å². The molecule has 2 N–H and O–H groups in total. The molecule has 1 aromatic carbocycles. The van der Waals surface area contributed by atoms with E-state index in [2.05, 4.69) is 4.90 Å². The number of aromatic carboxylic acids is 1. The molecule has 0 radical (unpaired) electrons. The molecule has 2 fully saturated rings. The van der Waals surface area contributed by atoms with Crippen molar-refractivity contribution in [2.24, 2.45) is 5.92 Å². The Kier molecular flexibility index (Phi) is 5.60. The number of carboxylic acids is 1. The number of rotatable bonds is 5. The number of carbonyl (C=O) groups is 2. The lowest BCUT2D eigenvalue weighted by Gasteiger charge is -2.50. The topological polar surface area (TPSA) is 90.3 Å². The summed E-state index contributed by atoms with van der Waals surface area (Å²) in [4.78, 5) is 27.1. The fourth-order valence-corrected chi connectivity index (χ4v) is 3.97. The molecule has 2 aliphatic heterocycles. The van der Waals surface area contributed by atoms with Crippen LogP contribution >= 0.6 is 0 Å². The summed E-state index contributed by atoms with van der Waals surface area (Å²) in [7, 11) is 1.51. The van der Waals surface area contributed by atoms with E-state index in [1.807, 2.05) is 12.1 Å². The number of hydrogen-bond acceptors (Lipinski definition) is 5. The minimum atomic E-state index is -0.928. The van der Waals surface area contributed by atoms with E-state index in [-0.39, 0.29) is 24.0 Å². The lowest BCUT2D eigenvalue weighted by Crippen LogP contribution is -2.60. The van der Waals surface area contributed by atoms with Crippen LogP contribution in [0.25, 0.3) is 0 Å². The third-order valence-electron chi connectivity index (χ3n) is 5.58. The summed E-state index contributed by atoms with van der Waals surface area (Å²) < 4.78 is 4.94. The summed E-state index contributed by atoms with van der Waals surface area (Å²) in [5.74, 6) is -0.942. The largest absolute Gasteiger partial charge is 0.478 e. The molecule has 1 amide bonds. The molecular formula is C19H26N2O5. The van der Waals surface area contributed by atoms with Crippen LogP contribution in [-0.2, 0) is 16.1 Å². The lowest BCUT2D eigenvalue weighted by molar-refractivity contribution is -0.150. The third-order valence-corrected chi connectivity index (χ3v) is 5.58. The molecule has 2 heterocycles. The molecule has 1 aromatic rings. The van der Waals surface area contributed by atoms with Gasteiger partial charge in [-0.15, -0.1) is 0 Å². The van der Waals surface area contributed by atoms with Crippen molar-refractivity contribution in [2.75, 3.05) is 39.9 Å². The van der Waals surface area contributed by atoms with Crippen molar-refractivity contribution in [2.45, 2.75) is 25.0 Å². The van der Waals surface area contributed by atoms with Crippen LogP contribution in [0, 0.1) is 5.92 Å². The number of methoxy groups -OCH3 is 1. The average Bonchev–Trinajstić information content (AvgIpc) is 2.62. The molecule has 0 aliphatic carbocycles. The first kappa shape index (κ1) is 18.8. The molecule has 0 saturated carbocycles. The molecule has 0 bridgehead atoms. The number of piperidine rings is 2. The van der Waals surface area contributed by atoms with Gasteiger partial charge in [-0.05, 0) is 30.5 Å². The van der Waals surface area contributed by atoms with E-state index in [0.29, 0.717) is 39.0 Å². The van der Waals surface area contributed by atoms with Gasteiger partial charge >= 0.3 is 5.97 Å². The Morgan fingerprint density at radius 3 is 2.54 bits per heavy atom. The number of amides is 1. The SMILES string of the molecule is COCC(=O)N1CC[C@]2(O)CCN(Cc3ccc(C(=O)O)cc3)C[C@@H]2C1. The van der Waals surface area contributed by atoms with Crippen molar-refractivity contribution < 1.29 is 24.5 Å². The van der Waals surface area contributed by atoms with Gasteiger partial charge in [-0.25, -0.2) is 4.79 Å². The van der Waals surface area contributed by atoms with Crippen LogP contribution in [0.1, 0.15) is 28.8 Å². The quantitative estimate of drug-likeness (QED) is 0.806. The van der Waals surface area contributed by atoms with Gasteiger partial charge in [0.1, 0.15) is 6.61 Å². The molecular weight excluding hydrogens is 336 g/mol. The Bertz CT molecular complexity index is 662. The lowest BCUT2D eigenvalue weighted by atomic mass is 9.75. The number of benzene rings is 1. The number of nitrogens with zero attached hydrogens (tertiary/aromatic N) is 2. The molecule has 142 valence electrons. The van der Waals surface area contributed by atoms with Gasteiger partial charge in [0.2, 0.25) is 5.91 Å². The maximum atomic E-state index is 12.1. The fraction of sp³-hybridized carbons (Fsp3) is 0.579. The monoisotopic (exact) mass is 362 g/mol. The maximum absolute atomic E-state index is 12.1. The Hall–Kier alpha value is -1.96. The molecule has 7 nitrogen and oxygen atoms in total. The van der Waals surface area contributed by atoms with Gasteiger partial charge in [0, 0.05) is 45.8 Å². The zero-order valence-electron chi connectivity index (χ0n) is 15.1. The van der Waals surface area contributed by atoms with E-state index in [4.69, 9.17) is 9.84 Å². The fourth-order valence-electron chi connectivity index (χ4n) is 3.97. The maximum Gasteiger partial charge on any atom is 0.335 e. The Labute approximate surface area is 153 Å². The van der Waals surface area contributed by atoms with Gasteiger partial charge in [-0.3, -0.25) is 9.69 Å². The highest BCUT2D eigenvalue weighted by Gasteiger charge is 2.45. The van der Waals surface area contributed by atoms with Gasteiger partial charge in [0.25, 0.3) is 0 Å². The number of carbonyl (C=O) groups excluding carboxylic acids is 1. The van der Waals surface area contributed by atoms with E-state index >= 15 is 0 Å². The minimum Gasteiger partial charge on any atom is -0.478 e. The molecule has 0 aromatic heterocycles. The van der Waals surface area contributed by atoms with E-state index in [1.54, 1.807) is 17.0 Å². The van der Waals surface area contributed by atoms with E-state index < -0.39 is 11.6 Å². The molecule has 7 heteroatoms. The summed E-state index contributed by atoms with van der Waals surface area (Å²) in [5, 5.41) is 19.9. The van der Waals surface area contributed by atoms with Crippen molar-refractivity contribution in [1.29, 1.82) is 0 Å². The highest BCUT2D eigenvalue weighted by Crippen LogP contribution is 2.36. The second-order valence-electron chi connectivity index (χ2n) is 7.31. The summed E-state index contributed by atoms with van der Waals surface area (Å²) in [6, 6.07) is 6.90. The van der Waals surface area contributed by atoms with E-state index in [1.165, 1.54) is 7.11 Å². The number of ether oxygens (including phenoxy) is 1. The van der Waals surface area contributed by atoms with Crippen LogP contribution in [0.15, 0.2) is 24.3 Å². The summed E-state index contributed by atoms with van der Waals surface area (Å²) >= 11 is 0. The molecule has 2 atom stereocenters. The highest BCUT2D eigenvalue weighted by atomic mass is 16.5. The van der Waals surface area contributed by atoms with Gasteiger partial charge in [0.15, 0.2) is 0 Å². The third kappa shape index (κ3) is 4.06. The second-order valence-corrected chi connectivity index (χ2v) is 7.31. The smallest absolute Gasteiger partial charge is 0.335 e. The summed E-state index contributed by atoms with van der Waals surface area (Å²) in [6.07, 6.45) is 1.30. The average molecular weight is 362 g/mol. The van der Waals surface area contributed by atoms with Crippen LogP contribution in [-0.4, -0.2) is 77.4 Å². The van der Waals surface area contributed by atoms with Gasteiger partial charge in [0.05, 0.1) is 11.2 Å². The predicted octanol–water partition coefficient (Wildman–Crippen LogP) is 0.816. The Morgan fingerprint density at radius 2 is 1.88 bits per heavy atom. The number of aliphatic hydroxyl groups is 1. The van der Waals surface area contributed by atoms with Crippen molar-refractivity contribution in [3.63, 3.8) is 0 Å². The molecule has 2 aliphatic rings.